The number of nitrogens with one attached hydrogen (secondary N) is 1. The molecule has 0 radical (unpaired) electrons. The van der Waals surface area contributed by atoms with Crippen LogP contribution in [0.25, 0.3) is 10.9 Å². The van der Waals surface area contributed by atoms with Crippen molar-refractivity contribution in [2.24, 2.45) is 0 Å². The molecule has 2 heterocycles. The molecule has 0 saturated carbocycles. The quantitative estimate of drug-likeness (QED) is 0.580. The van der Waals surface area contributed by atoms with Crippen molar-refractivity contribution in [3.05, 3.63) is 70.9 Å². The molecule has 1 saturated heterocycles. The van der Waals surface area contributed by atoms with E-state index in [2.05, 4.69) is 27.3 Å². The van der Waals surface area contributed by atoms with Crippen molar-refractivity contribution in [2.75, 3.05) is 23.3 Å². The van der Waals surface area contributed by atoms with Gasteiger partial charge in [0.05, 0.1) is 15.8 Å². The highest BCUT2D eigenvalue weighted by molar-refractivity contribution is 5.94. The van der Waals surface area contributed by atoms with Gasteiger partial charge < -0.3 is 10.2 Å². The zero-order valence-corrected chi connectivity index (χ0v) is 13.6. The van der Waals surface area contributed by atoms with E-state index in [0.717, 1.165) is 19.5 Å². The van der Waals surface area contributed by atoms with Crippen molar-refractivity contribution < 1.29 is 4.92 Å². The fraction of sp³-hybridized carbons (Fsp3) is 0.211. The van der Waals surface area contributed by atoms with Gasteiger partial charge in [0.15, 0.2) is 0 Å². The topological polar surface area (TPSA) is 71.3 Å². The Bertz CT molecular complexity index is 914. The number of para-hydroxylation sites is 1. The van der Waals surface area contributed by atoms with Gasteiger partial charge in [-0.3, -0.25) is 15.1 Å². The average Bonchev–Trinajstić information content (AvgIpc) is 3.10. The summed E-state index contributed by atoms with van der Waals surface area (Å²) in [6.45, 7) is 1.76. The molecule has 1 aromatic heterocycles. The van der Waals surface area contributed by atoms with Crippen molar-refractivity contribution in [2.45, 2.75) is 12.5 Å². The van der Waals surface area contributed by atoms with E-state index in [9.17, 15) is 10.1 Å². The Morgan fingerprint density at radius 2 is 1.96 bits per heavy atom. The van der Waals surface area contributed by atoms with Gasteiger partial charge in [-0.2, -0.15) is 0 Å². The normalized spacial score (nSPS) is 17.0. The second-order valence-corrected chi connectivity index (χ2v) is 6.20. The van der Waals surface area contributed by atoms with Crippen LogP contribution in [0.2, 0.25) is 0 Å². The molecule has 0 amide bonds. The lowest BCUT2D eigenvalue weighted by Crippen LogP contribution is -2.26. The second-order valence-electron chi connectivity index (χ2n) is 6.20. The van der Waals surface area contributed by atoms with Gasteiger partial charge in [-0.15, -0.1) is 0 Å². The highest BCUT2D eigenvalue weighted by Gasteiger charge is 2.26. The van der Waals surface area contributed by atoms with Crippen LogP contribution in [0.15, 0.2) is 60.8 Å². The summed E-state index contributed by atoms with van der Waals surface area (Å²) in [4.78, 5) is 17.8. The van der Waals surface area contributed by atoms with Crippen LogP contribution in [0.5, 0.6) is 0 Å². The Hall–Kier alpha value is -3.15. The van der Waals surface area contributed by atoms with Crippen LogP contribution in [0.4, 0.5) is 17.1 Å². The third kappa shape index (κ3) is 2.98. The first-order valence-electron chi connectivity index (χ1n) is 8.31. The molecule has 4 rings (SSSR count). The van der Waals surface area contributed by atoms with Gasteiger partial charge in [-0.05, 0) is 42.8 Å². The SMILES string of the molecule is O=[N+]([O-])c1c(NC2CCN(c3ccccc3)C2)ccc2ncccc12. The Morgan fingerprint density at radius 3 is 2.76 bits per heavy atom. The molecule has 0 aliphatic carbocycles. The van der Waals surface area contributed by atoms with Crippen molar-refractivity contribution in [3.63, 3.8) is 0 Å². The zero-order valence-electron chi connectivity index (χ0n) is 13.6. The van der Waals surface area contributed by atoms with Crippen LogP contribution in [-0.2, 0) is 0 Å². The standard InChI is InChI=1S/C19H18N4O2/c24-23(25)19-16-7-4-11-20-17(16)8-9-18(19)21-14-10-12-22(13-14)15-5-2-1-3-6-15/h1-9,11,14,21H,10,12-13H2. The minimum absolute atomic E-state index is 0.101. The number of nitro groups is 1. The van der Waals surface area contributed by atoms with Crippen molar-refractivity contribution >= 4 is 28.0 Å². The highest BCUT2D eigenvalue weighted by atomic mass is 16.6. The minimum Gasteiger partial charge on any atom is -0.375 e. The smallest absolute Gasteiger partial charge is 0.301 e. The Kier molecular flexibility index (Phi) is 3.93. The van der Waals surface area contributed by atoms with Gasteiger partial charge in [0.1, 0.15) is 5.69 Å². The maximum absolute atomic E-state index is 11.6. The van der Waals surface area contributed by atoms with Crippen LogP contribution in [-0.4, -0.2) is 29.0 Å². The number of benzene rings is 2. The van der Waals surface area contributed by atoms with Crippen LogP contribution in [0.1, 0.15) is 6.42 Å². The lowest BCUT2D eigenvalue weighted by molar-refractivity contribution is -0.382. The summed E-state index contributed by atoms with van der Waals surface area (Å²) in [6.07, 6.45) is 2.59. The molecule has 1 N–H and O–H groups in total. The van der Waals surface area contributed by atoms with E-state index in [1.807, 2.05) is 24.3 Å². The van der Waals surface area contributed by atoms with E-state index < -0.39 is 0 Å². The van der Waals surface area contributed by atoms with E-state index >= 15 is 0 Å². The van der Waals surface area contributed by atoms with Crippen LogP contribution >= 0.6 is 0 Å². The Morgan fingerprint density at radius 1 is 1.12 bits per heavy atom. The largest absolute Gasteiger partial charge is 0.375 e. The molecule has 6 heteroatoms. The van der Waals surface area contributed by atoms with E-state index in [-0.39, 0.29) is 16.7 Å². The van der Waals surface area contributed by atoms with Crippen molar-refractivity contribution in [3.8, 4) is 0 Å². The lowest BCUT2D eigenvalue weighted by Gasteiger charge is -2.19. The van der Waals surface area contributed by atoms with E-state index in [0.29, 0.717) is 16.6 Å². The molecule has 1 fully saturated rings. The predicted octanol–water partition coefficient (Wildman–Crippen LogP) is 3.83. The summed E-state index contributed by atoms with van der Waals surface area (Å²) in [5, 5.41) is 15.6. The average molecular weight is 334 g/mol. The molecule has 1 unspecified atom stereocenters. The summed E-state index contributed by atoms with van der Waals surface area (Å²) in [6, 6.07) is 17.5. The first-order chi connectivity index (χ1) is 12.2. The van der Waals surface area contributed by atoms with E-state index in [1.54, 1.807) is 24.4 Å². The van der Waals surface area contributed by atoms with Crippen LogP contribution in [0.3, 0.4) is 0 Å². The summed E-state index contributed by atoms with van der Waals surface area (Å²) in [5.41, 5.74) is 2.48. The molecule has 3 aromatic rings. The van der Waals surface area contributed by atoms with Gasteiger partial charge in [-0.1, -0.05) is 18.2 Å². The van der Waals surface area contributed by atoms with Crippen LogP contribution < -0.4 is 10.2 Å². The van der Waals surface area contributed by atoms with Gasteiger partial charge in [-0.25, -0.2) is 0 Å². The molecule has 25 heavy (non-hydrogen) atoms. The summed E-state index contributed by atoms with van der Waals surface area (Å²) in [7, 11) is 0. The first kappa shape index (κ1) is 15.4. The molecule has 2 aromatic carbocycles. The lowest BCUT2D eigenvalue weighted by atomic mass is 10.1. The summed E-state index contributed by atoms with van der Waals surface area (Å²) < 4.78 is 0. The second kappa shape index (κ2) is 6.39. The molecule has 6 nitrogen and oxygen atoms in total. The van der Waals surface area contributed by atoms with Crippen molar-refractivity contribution in [1.29, 1.82) is 0 Å². The Balaban J connectivity index is 1.59. The minimum atomic E-state index is -0.323. The molecule has 0 spiro atoms. The third-order valence-electron chi connectivity index (χ3n) is 4.61. The first-order valence-corrected chi connectivity index (χ1v) is 8.31. The monoisotopic (exact) mass is 334 g/mol. The maximum Gasteiger partial charge on any atom is 0.301 e. The fourth-order valence-corrected chi connectivity index (χ4v) is 3.42. The fourth-order valence-electron chi connectivity index (χ4n) is 3.42. The van der Waals surface area contributed by atoms with Crippen molar-refractivity contribution in [1.82, 2.24) is 4.98 Å². The van der Waals surface area contributed by atoms with Crippen LogP contribution in [0, 0.1) is 10.1 Å². The number of anilines is 2. The number of hydrogen-bond acceptors (Lipinski definition) is 5. The number of aromatic nitrogens is 1. The number of nitro benzene ring substituents is 1. The number of fused-ring (bicyclic) bond motifs is 1. The molecule has 126 valence electrons. The van der Waals surface area contributed by atoms with Gasteiger partial charge in [0.2, 0.25) is 0 Å². The molecular weight excluding hydrogens is 316 g/mol. The molecule has 1 aliphatic rings. The maximum atomic E-state index is 11.6. The molecule has 1 aliphatic heterocycles. The van der Waals surface area contributed by atoms with Gasteiger partial charge >= 0.3 is 5.69 Å². The summed E-state index contributed by atoms with van der Waals surface area (Å²) >= 11 is 0. The predicted molar refractivity (Wildman–Crippen MR) is 99.1 cm³/mol. The summed E-state index contributed by atoms with van der Waals surface area (Å²) in [5.74, 6) is 0. The highest BCUT2D eigenvalue weighted by Crippen LogP contribution is 2.34. The van der Waals surface area contributed by atoms with Gasteiger partial charge in [0.25, 0.3) is 0 Å². The zero-order chi connectivity index (χ0) is 17.2. The molecule has 1 atom stereocenters. The van der Waals surface area contributed by atoms with Gasteiger partial charge in [0, 0.05) is 31.0 Å². The molecular formula is C19H18N4O2. The van der Waals surface area contributed by atoms with E-state index in [1.165, 1.54) is 5.69 Å². The van der Waals surface area contributed by atoms with E-state index in [4.69, 9.17) is 0 Å². The number of rotatable bonds is 4. The number of nitrogens with zero attached hydrogens (tertiary/aromatic N) is 3. The third-order valence-corrected chi connectivity index (χ3v) is 4.61. The number of pyridine rings is 1. The molecule has 0 bridgehead atoms. The number of hydrogen-bond donors (Lipinski definition) is 1. The Labute approximate surface area is 145 Å².